The molecule has 2 unspecified atom stereocenters. The predicted octanol–water partition coefficient (Wildman–Crippen LogP) is 5.35. The smallest absolute Gasteiger partial charge is 0.308 e. The number of ether oxygens (including phenoxy) is 1. The van der Waals surface area contributed by atoms with E-state index in [9.17, 15) is 4.79 Å². The van der Waals surface area contributed by atoms with Crippen LogP contribution in [0.5, 0.6) is 0 Å². The van der Waals surface area contributed by atoms with E-state index >= 15 is 0 Å². The highest BCUT2D eigenvalue weighted by atomic mass is 16.5. The average Bonchev–Trinajstić information content (AvgIpc) is 2.40. The van der Waals surface area contributed by atoms with E-state index in [1.807, 2.05) is 6.92 Å². The van der Waals surface area contributed by atoms with Crippen LogP contribution in [-0.4, -0.2) is 13.1 Å². The van der Waals surface area contributed by atoms with Gasteiger partial charge >= 0.3 is 5.97 Å². The Hall–Kier alpha value is -0.530. The van der Waals surface area contributed by atoms with Gasteiger partial charge in [-0.05, 0) is 12.3 Å². The zero-order chi connectivity index (χ0) is 14.5. The second-order valence-corrected chi connectivity index (χ2v) is 6.03. The Kier molecular flexibility index (Phi) is 12.2. The number of unbranched alkanes of at least 4 members (excludes halogenated alkanes) is 7. The topological polar surface area (TPSA) is 26.3 Å². The molecule has 0 saturated heterocycles. The van der Waals surface area contributed by atoms with Crippen LogP contribution in [0.3, 0.4) is 0 Å². The maximum atomic E-state index is 11.3. The first kappa shape index (κ1) is 18.5. The van der Waals surface area contributed by atoms with Crippen LogP contribution in [0, 0.1) is 11.8 Å². The summed E-state index contributed by atoms with van der Waals surface area (Å²) in [5.74, 6) is 0.617. The molecule has 19 heavy (non-hydrogen) atoms. The summed E-state index contributed by atoms with van der Waals surface area (Å²) >= 11 is 0. The number of methoxy groups -OCH3 is 1. The molecule has 2 atom stereocenters. The molecule has 0 rings (SSSR count). The molecule has 2 heteroatoms. The second-order valence-electron chi connectivity index (χ2n) is 6.03. The first-order chi connectivity index (χ1) is 9.11. The maximum Gasteiger partial charge on any atom is 0.308 e. The molecule has 114 valence electrons. The van der Waals surface area contributed by atoms with Crippen molar-refractivity contribution in [3.05, 3.63) is 0 Å². The fraction of sp³-hybridized carbons (Fsp3) is 0.941. The van der Waals surface area contributed by atoms with E-state index in [0.29, 0.717) is 5.92 Å². The van der Waals surface area contributed by atoms with Gasteiger partial charge in [0.2, 0.25) is 0 Å². The van der Waals surface area contributed by atoms with Crippen molar-refractivity contribution in [3.8, 4) is 0 Å². The van der Waals surface area contributed by atoms with Crippen molar-refractivity contribution in [2.24, 2.45) is 11.8 Å². The molecule has 0 aromatic carbocycles. The van der Waals surface area contributed by atoms with E-state index in [1.54, 1.807) is 0 Å². The summed E-state index contributed by atoms with van der Waals surface area (Å²) in [6, 6.07) is 0. The van der Waals surface area contributed by atoms with Crippen LogP contribution in [0.15, 0.2) is 0 Å². The molecule has 0 spiro atoms. The quantitative estimate of drug-likeness (QED) is 0.353. The predicted molar refractivity (Wildman–Crippen MR) is 82.2 cm³/mol. The van der Waals surface area contributed by atoms with Crippen LogP contribution in [0.1, 0.15) is 85.0 Å². The van der Waals surface area contributed by atoms with Crippen molar-refractivity contribution in [3.63, 3.8) is 0 Å². The van der Waals surface area contributed by atoms with Gasteiger partial charge in [0.15, 0.2) is 0 Å². The van der Waals surface area contributed by atoms with Crippen molar-refractivity contribution < 1.29 is 9.53 Å². The van der Waals surface area contributed by atoms with E-state index in [2.05, 4.69) is 13.8 Å². The lowest BCUT2D eigenvalue weighted by atomic mass is 9.92. The Balaban J connectivity index is 3.38. The maximum absolute atomic E-state index is 11.3. The molecule has 0 aliphatic rings. The highest BCUT2D eigenvalue weighted by Gasteiger charge is 2.16. The van der Waals surface area contributed by atoms with Crippen LogP contribution in [-0.2, 0) is 9.53 Å². The van der Waals surface area contributed by atoms with Crippen LogP contribution in [0.2, 0.25) is 0 Å². The van der Waals surface area contributed by atoms with Gasteiger partial charge in [-0.15, -0.1) is 0 Å². The van der Waals surface area contributed by atoms with Gasteiger partial charge < -0.3 is 4.74 Å². The zero-order valence-corrected chi connectivity index (χ0v) is 13.5. The van der Waals surface area contributed by atoms with E-state index in [1.165, 1.54) is 64.9 Å². The third-order valence-corrected chi connectivity index (χ3v) is 3.91. The van der Waals surface area contributed by atoms with E-state index < -0.39 is 0 Å². The Morgan fingerprint density at radius 3 is 2.00 bits per heavy atom. The zero-order valence-electron chi connectivity index (χ0n) is 13.5. The van der Waals surface area contributed by atoms with E-state index in [4.69, 9.17) is 4.74 Å². The number of hydrogen-bond donors (Lipinski definition) is 0. The summed E-state index contributed by atoms with van der Waals surface area (Å²) in [7, 11) is 1.47. The molecular weight excluding hydrogens is 236 g/mol. The molecule has 0 radical (unpaired) electrons. The molecule has 0 aliphatic carbocycles. The standard InChI is InChI=1S/C17H34O2/c1-5-6-7-8-9-10-11-12-13-15(2)14-16(3)17(18)19-4/h15-16H,5-14H2,1-4H3. The lowest BCUT2D eigenvalue weighted by Crippen LogP contribution is -2.15. The fourth-order valence-corrected chi connectivity index (χ4v) is 2.65. The largest absolute Gasteiger partial charge is 0.469 e. The Labute approximate surface area is 120 Å². The Morgan fingerprint density at radius 1 is 0.947 bits per heavy atom. The molecule has 2 nitrogen and oxygen atoms in total. The molecule has 0 N–H and O–H groups in total. The van der Waals surface area contributed by atoms with E-state index in [-0.39, 0.29) is 11.9 Å². The SMILES string of the molecule is CCCCCCCCCCC(C)CC(C)C(=O)OC. The summed E-state index contributed by atoms with van der Waals surface area (Å²) in [6.07, 6.45) is 13.2. The molecule has 0 fully saturated rings. The molecule has 0 aliphatic heterocycles. The second kappa shape index (κ2) is 12.5. The number of esters is 1. The van der Waals surface area contributed by atoms with Gasteiger partial charge in [0.05, 0.1) is 13.0 Å². The third kappa shape index (κ3) is 11.0. The minimum Gasteiger partial charge on any atom is -0.469 e. The van der Waals surface area contributed by atoms with Gasteiger partial charge in [-0.1, -0.05) is 78.6 Å². The summed E-state index contributed by atoms with van der Waals surface area (Å²) in [5.41, 5.74) is 0. The normalized spacial score (nSPS) is 14.1. The van der Waals surface area contributed by atoms with Gasteiger partial charge in [0.1, 0.15) is 0 Å². The Morgan fingerprint density at radius 2 is 1.47 bits per heavy atom. The molecule has 0 bridgehead atoms. The summed E-state index contributed by atoms with van der Waals surface area (Å²) < 4.78 is 4.76. The number of rotatable bonds is 12. The minimum absolute atomic E-state index is 0.0500. The number of hydrogen-bond acceptors (Lipinski definition) is 2. The summed E-state index contributed by atoms with van der Waals surface area (Å²) in [4.78, 5) is 11.3. The Bertz CT molecular complexity index is 213. The molecule has 0 aromatic rings. The molecule has 0 amide bonds. The molecule has 0 aromatic heterocycles. The summed E-state index contributed by atoms with van der Waals surface area (Å²) in [6.45, 7) is 6.48. The number of carbonyl (C=O) groups excluding carboxylic acids is 1. The lowest BCUT2D eigenvalue weighted by molar-refractivity contribution is -0.145. The highest BCUT2D eigenvalue weighted by Crippen LogP contribution is 2.19. The van der Waals surface area contributed by atoms with Gasteiger partial charge in [-0.25, -0.2) is 0 Å². The number of carbonyl (C=O) groups is 1. The third-order valence-electron chi connectivity index (χ3n) is 3.91. The van der Waals surface area contributed by atoms with Crippen LogP contribution in [0.4, 0.5) is 0 Å². The lowest BCUT2D eigenvalue weighted by Gasteiger charge is -2.15. The van der Waals surface area contributed by atoms with Crippen molar-refractivity contribution in [2.45, 2.75) is 85.0 Å². The van der Waals surface area contributed by atoms with Gasteiger partial charge in [0, 0.05) is 0 Å². The minimum atomic E-state index is -0.0669. The average molecular weight is 270 g/mol. The van der Waals surface area contributed by atoms with Crippen molar-refractivity contribution in [1.29, 1.82) is 0 Å². The molecule has 0 saturated carbocycles. The van der Waals surface area contributed by atoms with E-state index in [0.717, 1.165) is 6.42 Å². The van der Waals surface area contributed by atoms with Gasteiger partial charge in [0.25, 0.3) is 0 Å². The molecule has 0 heterocycles. The van der Waals surface area contributed by atoms with Gasteiger partial charge in [-0.2, -0.15) is 0 Å². The summed E-state index contributed by atoms with van der Waals surface area (Å²) in [5, 5.41) is 0. The molecular formula is C17H34O2. The van der Waals surface area contributed by atoms with Crippen molar-refractivity contribution >= 4 is 5.97 Å². The van der Waals surface area contributed by atoms with Crippen LogP contribution < -0.4 is 0 Å². The monoisotopic (exact) mass is 270 g/mol. The van der Waals surface area contributed by atoms with Gasteiger partial charge in [-0.3, -0.25) is 4.79 Å². The van der Waals surface area contributed by atoms with Crippen LogP contribution >= 0.6 is 0 Å². The van der Waals surface area contributed by atoms with Crippen molar-refractivity contribution in [1.82, 2.24) is 0 Å². The first-order valence-corrected chi connectivity index (χ1v) is 8.19. The first-order valence-electron chi connectivity index (χ1n) is 8.19. The highest BCUT2D eigenvalue weighted by molar-refractivity contribution is 5.71. The fourth-order valence-electron chi connectivity index (χ4n) is 2.65. The van der Waals surface area contributed by atoms with Crippen molar-refractivity contribution in [2.75, 3.05) is 7.11 Å². The van der Waals surface area contributed by atoms with Crippen LogP contribution in [0.25, 0.3) is 0 Å².